The molecule has 2 N–H and O–H groups in total. The summed E-state index contributed by atoms with van der Waals surface area (Å²) in [6, 6.07) is 8.09. The molecule has 8 nitrogen and oxygen atoms in total. The smallest absolute Gasteiger partial charge is 0.342 e. The first-order chi connectivity index (χ1) is 13.2. The Kier molecular flexibility index (Phi) is 5.28. The van der Waals surface area contributed by atoms with Crippen molar-refractivity contribution in [2.75, 3.05) is 23.7 Å². The van der Waals surface area contributed by atoms with Crippen LogP contribution in [0.2, 0.25) is 0 Å². The summed E-state index contributed by atoms with van der Waals surface area (Å²) in [7, 11) is -3.39. The van der Waals surface area contributed by atoms with E-state index in [0.29, 0.717) is 30.6 Å². The van der Waals surface area contributed by atoms with E-state index >= 15 is 0 Å². The van der Waals surface area contributed by atoms with Crippen LogP contribution in [0.5, 0.6) is 11.5 Å². The van der Waals surface area contributed by atoms with Crippen LogP contribution >= 0.6 is 0 Å². The lowest BCUT2D eigenvalue weighted by Gasteiger charge is -2.29. The van der Waals surface area contributed by atoms with Gasteiger partial charge in [0.1, 0.15) is 17.1 Å². The summed E-state index contributed by atoms with van der Waals surface area (Å²) in [6.45, 7) is -0.138. The van der Waals surface area contributed by atoms with Crippen LogP contribution in [0.25, 0.3) is 0 Å². The van der Waals surface area contributed by atoms with E-state index < -0.39 is 34.1 Å². The van der Waals surface area contributed by atoms with Crippen molar-refractivity contribution in [1.29, 1.82) is 0 Å². The molecule has 0 aliphatic carbocycles. The van der Waals surface area contributed by atoms with Gasteiger partial charge < -0.3 is 14.9 Å². The van der Waals surface area contributed by atoms with Crippen LogP contribution in [0, 0.1) is 0 Å². The third-order valence-electron chi connectivity index (χ3n) is 4.41. The largest absolute Gasteiger partial charge is 0.508 e. The number of aryl methyl sites for hydroxylation is 1. The van der Waals surface area contributed by atoms with E-state index in [0.717, 1.165) is 17.9 Å². The number of ketones is 1. The number of fused-ring (bicyclic) bond motifs is 1. The van der Waals surface area contributed by atoms with Crippen LogP contribution in [0.4, 0.5) is 5.69 Å². The van der Waals surface area contributed by atoms with Gasteiger partial charge in [-0.3, -0.25) is 9.10 Å². The van der Waals surface area contributed by atoms with Gasteiger partial charge in [0, 0.05) is 18.2 Å². The van der Waals surface area contributed by atoms with Crippen LogP contribution in [0.3, 0.4) is 0 Å². The Hall–Kier alpha value is -3.07. The number of carbonyl (C=O) groups excluding carboxylic acids is 2. The molecule has 2 aromatic carbocycles. The zero-order chi connectivity index (χ0) is 20.5. The zero-order valence-electron chi connectivity index (χ0n) is 15.1. The van der Waals surface area contributed by atoms with Gasteiger partial charge >= 0.3 is 5.97 Å². The number of hydrogen-bond donors (Lipinski definition) is 2. The van der Waals surface area contributed by atoms with Gasteiger partial charge in [0.15, 0.2) is 12.4 Å². The molecule has 0 unspecified atom stereocenters. The van der Waals surface area contributed by atoms with Crippen LogP contribution < -0.4 is 4.31 Å². The van der Waals surface area contributed by atoms with Crippen LogP contribution in [0.15, 0.2) is 36.4 Å². The van der Waals surface area contributed by atoms with Crippen molar-refractivity contribution >= 4 is 27.5 Å². The molecule has 0 fully saturated rings. The van der Waals surface area contributed by atoms with E-state index in [1.54, 1.807) is 12.1 Å². The lowest BCUT2D eigenvalue weighted by Crippen LogP contribution is -2.34. The zero-order valence-corrected chi connectivity index (χ0v) is 15.9. The first kappa shape index (κ1) is 19.7. The number of ether oxygens (including phenoxy) is 1. The van der Waals surface area contributed by atoms with E-state index in [-0.39, 0.29) is 11.3 Å². The number of nitrogens with zero attached hydrogens (tertiary/aromatic N) is 1. The number of hydrogen-bond acceptors (Lipinski definition) is 7. The molecule has 0 amide bonds. The molecule has 1 aliphatic heterocycles. The van der Waals surface area contributed by atoms with E-state index in [4.69, 9.17) is 4.74 Å². The second-order valence-corrected chi connectivity index (χ2v) is 8.39. The van der Waals surface area contributed by atoms with Gasteiger partial charge in [-0.25, -0.2) is 13.2 Å². The molecule has 9 heteroatoms. The highest BCUT2D eigenvalue weighted by atomic mass is 32.2. The summed E-state index contributed by atoms with van der Waals surface area (Å²) in [5.41, 5.74) is 1.43. The highest BCUT2D eigenvalue weighted by Crippen LogP contribution is 2.30. The van der Waals surface area contributed by atoms with E-state index in [1.807, 2.05) is 0 Å². The molecule has 0 saturated heterocycles. The SMILES string of the molecule is CS(=O)(=O)N1CCCc2cc(C(=O)COC(=O)c3ccc(O)cc3O)ccc21. The number of carbonyl (C=O) groups is 2. The fourth-order valence-electron chi connectivity index (χ4n) is 3.07. The molecule has 0 spiro atoms. The molecular weight excluding hydrogens is 386 g/mol. The van der Waals surface area contributed by atoms with Crippen molar-refractivity contribution in [3.05, 3.63) is 53.1 Å². The summed E-state index contributed by atoms with van der Waals surface area (Å²) in [5, 5.41) is 18.9. The van der Waals surface area contributed by atoms with Gasteiger partial charge in [0.25, 0.3) is 0 Å². The average Bonchev–Trinajstić information content (AvgIpc) is 2.64. The first-order valence-corrected chi connectivity index (χ1v) is 10.3. The standard InChI is InChI=1S/C19H19NO7S/c1-28(25,26)20-8-2-3-12-9-13(4-7-16(12)20)18(23)11-27-19(24)15-6-5-14(21)10-17(15)22/h4-7,9-10,21-22H,2-3,8,11H2,1H3. The van der Waals surface area contributed by atoms with Crippen LogP contribution in [0.1, 0.15) is 32.7 Å². The van der Waals surface area contributed by atoms with E-state index in [9.17, 15) is 28.2 Å². The topological polar surface area (TPSA) is 121 Å². The van der Waals surface area contributed by atoms with E-state index in [1.165, 1.54) is 22.5 Å². The third kappa shape index (κ3) is 4.09. The first-order valence-electron chi connectivity index (χ1n) is 8.50. The van der Waals surface area contributed by atoms with E-state index in [2.05, 4.69) is 0 Å². The maximum atomic E-state index is 12.4. The van der Waals surface area contributed by atoms with Gasteiger partial charge in [0.05, 0.1) is 11.9 Å². The quantitative estimate of drug-likeness (QED) is 0.575. The number of phenolic OH excluding ortho intramolecular Hbond substituents is 2. The molecule has 3 rings (SSSR count). The summed E-state index contributed by atoms with van der Waals surface area (Å²) < 4.78 is 30.0. The Morgan fingerprint density at radius 1 is 1.14 bits per heavy atom. The second kappa shape index (κ2) is 7.51. The van der Waals surface area contributed by atoms with Gasteiger partial charge in [-0.15, -0.1) is 0 Å². The molecule has 148 valence electrons. The molecular formula is C19H19NO7S. The summed E-state index contributed by atoms with van der Waals surface area (Å²) in [4.78, 5) is 24.4. The minimum atomic E-state index is -3.39. The predicted octanol–water partition coefficient (Wildman–Crippen LogP) is 1.85. The summed E-state index contributed by atoms with van der Waals surface area (Å²) >= 11 is 0. The number of Topliss-reactive ketones (excluding diaryl/α,β-unsaturated/α-hetero) is 1. The molecule has 0 saturated carbocycles. The summed E-state index contributed by atoms with van der Waals surface area (Å²) in [6.07, 6.45) is 2.43. The monoisotopic (exact) mass is 405 g/mol. The Morgan fingerprint density at radius 3 is 2.57 bits per heavy atom. The van der Waals surface area contributed by atoms with Crippen molar-refractivity contribution in [3.63, 3.8) is 0 Å². The number of anilines is 1. The second-order valence-electron chi connectivity index (χ2n) is 6.48. The van der Waals surface area contributed by atoms with Crippen molar-refractivity contribution in [3.8, 4) is 11.5 Å². The Bertz CT molecular complexity index is 1050. The number of phenols is 2. The molecule has 1 heterocycles. The van der Waals surface area contributed by atoms with Gasteiger partial charge in [-0.2, -0.15) is 0 Å². The summed E-state index contributed by atoms with van der Waals surface area (Å²) in [5.74, 6) is -2.01. The third-order valence-corrected chi connectivity index (χ3v) is 5.59. The van der Waals surface area contributed by atoms with Gasteiger partial charge in [-0.1, -0.05) is 0 Å². The Balaban J connectivity index is 1.72. The van der Waals surface area contributed by atoms with Crippen molar-refractivity contribution < 1.29 is 33.0 Å². The highest BCUT2D eigenvalue weighted by molar-refractivity contribution is 7.92. The fraction of sp³-hybridized carbons (Fsp3) is 0.263. The highest BCUT2D eigenvalue weighted by Gasteiger charge is 2.25. The maximum Gasteiger partial charge on any atom is 0.342 e. The number of rotatable bonds is 5. The van der Waals surface area contributed by atoms with Gasteiger partial charge in [-0.05, 0) is 48.7 Å². The molecule has 28 heavy (non-hydrogen) atoms. The average molecular weight is 405 g/mol. The number of aromatic hydroxyl groups is 2. The predicted molar refractivity (Wildman–Crippen MR) is 101 cm³/mol. The van der Waals surface area contributed by atoms with Gasteiger partial charge in [0.2, 0.25) is 10.0 Å². The Morgan fingerprint density at radius 2 is 1.89 bits per heavy atom. The molecule has 0 bridgehead atoms. The molecule has 0 radical (unpaired) electrons. The molecule has 2 aromatic rings. The number of sulfonamides is 1. The van der Waals surface area contributed by atoms with Crippen molar-refractivity contribution in [1.82, 2.24) is 0 Å². The lowest BCUT2D eigenvalue weighted by molar-refractivity contribution is 0.0471. The van der Waals surface area contributed by atoms with Crippen molar-refractivity contribution in [2.24, 2.45) is 0 Å². The minimum absolute atomic E-state index is 0.167. The minimum Gasteiger partial charge on any atom is -0.508 e. The molecule has 1 aliphatic rings. The maximum absolute atomic E-state index is 12.4. The number of esters is 1. The van der Waals surface area contributed by atoms with Crippen molar-refractivity contribution in [2.45, 2.75) is 12.8 Å². The molecule has 0 atom stereocenters. The fourth-order valence-corrected chi connectivity index (χ4v) is 4.06. The lowest BCUT2D eigenvalue weighted by atomic mass is 9.99. The normalized spacial score (nSPS) is 13.7. The van der Waals surface area contributed by atoms with Crippen LogP contribution in [-0.4, -0.2) is 49.8 Å². The molecule has 0 aromatic heterocycles. The van der Waals surface area contributed by atoms with Crippen LogP contribution in [-0.2, 0) is 21.2 Å². The Labute approximate surface area is 162 Å². The number of benzene rings is 2.